The van der Waals surface area contributed by atoms with Gasteiger partial charge in [0.1, 0.15) is 5.60 Å². The Bertz CT molecular complexity index is 552. The van der Waals surface area contributed by atoms with Crippen LogP contribution in [0.1, 0.15) is 45.6 Å². The molecule has 1 atom stereocenters. The first-order valence-electron chi connectivity index (χ1n) is 8.65. The zero-order valence-electron chi connectivity index (χ0n) is 14.5. The molecule has 0 N–H and O–H groups in total. The van der Waals surface area contributed by atoms with Crippen LogP contribution in [0.25, 0.3) is 0 Å². The van der Waals surface area contributed by atoms with Gasteiger partial charge >= 0.3 is 6.09 Å². The van der Waals surface area contributed by atoms with Gasteiger partial charge in [0.05, 0.1) is 5.54 Å². The third-order valence-corrected chi connectivity index (χ3v) is 4.87. The zero-order chi connectivity index (χ0) is 16.5. The quantitative estimate of drug-likeness (QED) is 0.835. The van der Waals surface area contributed by atoms with Crippen molar-refractivity contribution in [2.75, 3.05) is 19.6 Å². The van der Waals surface area contributed by atoms with E-state index in [0.29, 0.717) is 0 Å². The lowest BCUT2D eigenvalue weighted by Crippen LogP contribution is -2.50. The number of amides is 1. The molecule has 3 rings (SSSR count). The molecule has 0 saturated carbocycles. The highest BCUT2D eigenvalue weighted by Crippen LogP contribution is 2.39. The third-order valence-electron chi connectivity index (χ3n) is 4.87. The maximum Gasteiger partial charge on any atom is 0.410 e. The Kier molecular flexibility index (Phi) is 4.37. The van der Waals surface area contributed by atoms with Gasteiger partial charge in [0, 0.05) is 26.2 Å². The summed E-state index contributed by atoms with van der Waals surface area (Å²) in [5.41, 5.74) is 0.895. The van der Waals surface area contributed by atoms with Crippen molar-refractivity contribution in [2.45, 2.75) is 57.7 Å². The summed E-state index contributed by atoms with van der Waals surface area (Å²) >= 11 is 0. The van der Waals surface area contributed by atoms with Crippen molar-refractivity contribution >= 4 is 6.09 Å². The Morgan fingerprint density at radius 2 is 1.91 bits per heavy atom. The van der Waals surface area contributed by atoms with Crippen LogP contribution in [-0.4, -0.2) is 46.7 Å². The number of nitrogens with zero attached hydrogens (tertiary/aromatic N) is 2. The van der Waals surface area contributed by atoms with Gasteiger partial charge in [0.15, 0.2) is 0 Å². The summed E-state index contributed by atoms with van der Waals surface area (Å²) in [5.74, 6) is 0. The van der Waals surface area contributed by atoms with Crippen LogP contribution in [0, 0.1) is 0 Å². The Morgan fingerprint density at radius 1 is 1.17 bits per heavy atom. The normalized spacial score (nSPS) is 25.3. The first-order chi connectivity index (χ1) is 10.9. The highest BCUT2D eigenvalue weighted by atomic mass is 16.6. The monoisotopic (exact) mass is 316 g/mol. The van der Waals surface area contributed by atoms with Crippen molar-refractivity contribution < 1.29 is 9.53 Å². The highest BCUT2D eigenvalue weighted by Gasteiger charge is 2.49. The summed E-state index contributed by atoms with van der Waals surface area (Å²) in [5, 5.41) is 0. The lowest BCUT2D eigenvalue weighted by Gasteiger charge is -2.36. The second kappa shape index (κ2) is 6.16. The minimum Gasteiger partial charge on any atom is -0.444 e. The number of carbonyl (C=O) groups is 1. The molecule has 1 unspecified atom stereocenters. The van der Waals surface area contributed by atoms with E-state index in [-0.39, 0.29) is 11.6 Å². The van der Waals surface area contributed by atoms with Gasteiger partial charge in [-0.3, -0.25) is 4.90 Å². The van der Waals surface area contributed by atoms with E-state index in [1.165, 1.54) is 5.56 Å². The van der Waals surface area contributed by atoms with Crippen LogP contribution in [0.3, 0.4) is 0 Å². The number of carbonyl (C=O) groups excluding carboxylic acids is 1. The largest absolute Gasteiger partial charge is 0.444 e. The van der Waals surface area contributed by atoms with Crippen molar-refractivity contribution in [3.8, 4) is 0 Å². The molecule has 0 aliphatic carbocycles. The molecule has 1 spiro atoms. The molecule has 4 heteroatoms. The SMILES string of the molecule is CC(C)(C)OC(=O)N1CCCC12CCN(Cc1ccccc1)C2. The molecular weight excluding hydrogens is 288 g/mol. The fraction of sp³-hybridized carbons (Fsp3) is 0.632. The summed E-state index contributed by atoms with van der Waals surface area (Å²) in [6, 6.07) is 10.6. The number of benzene rings is 1. The van der Waals surface area contributed by atoms with Crippen LogP contribution in [0.15, 0.2) is 30.3 Å². The summed E-state index contributed by atoms with van der Waals surface area (Å²) in [7, 11) is 0. The predicted octanol–water partition coefficient (Wildman–Crippen LogP) is 3.66. The Hall–Kier alpha value is -1.55. The average molecular weight is 316 g/mol. The number of hydrogen-bond donors (Lipinski definition) is 0. The molecule has 1 aromatic carbocycles. The lowest BCUT2D eigenvalue weighted by molar-refractivity contribution is 0.00915. The second-order valence-electron chi connectivity index (χ2n) is 7.91. The Morgan fingerprint density at radius 3 is 2.61 bits per heavy atom. The van der Waals surface area contributed by atoms with E-state index in [1.807, 2.05) is 25.7 Å². The molecule has 2 fully saturated rings. The minimum atomic E-state index is -0.427. The third kappa shape index (κ3) is 3.69. The van der Waals surface area contributed by atoms with Gasteiger partial charge in [-0.2, -0.15) is 0 Å². The van der Waals surface area contributed by atoms with Crippen LogP contribution >= 0.6 is 0 Å². The Balaban J connectivity index is 1.66. The van der Waals surface area contributed by atoms with Gasteiger partial charge in [-0.1, -0.05) is 30.3 Å². The maximum atomic E-state index is 12.6. The van der Waals surface area contributed by atoms with E-state index in [4.69, 9.17) is 4.74 Å². The van der Waals surface area contributed by atoms with Gasteiger partial charge in [0.2, 0.25) is 0 Å². The van der Waals surface area contributed by atoms with E-state index in [9.17, 15) is 4.79 Å². The second-order valence-corrected chi connectivity index (χ2v) is 7.91. The molecule has 1 aromatic rings. The molecule has 126 valence electrons. The van der Waals surface area contributed by atoms with Crippen molar-refractivity contribution in [3.05, 3.63) is 35.9 Å². The summed E-state index contributed by atoms with van der Waals surface area (Å²) in [6.07, 6.45) is 3.09. The number of rotatable bonds is 2. The minimum absolute atomic E-state index is 0.0168. The summed E-state index contributed by atoms with van der Waals surface area (Å²) < 4.78 is 5.63. The molecule has 1 amide bonds. The fourth-order valence-electron chi connectivity index (χ4n) is 3.88. The van der Waals surface area contributed by atoms with Crippen molar-refractivity contribution in [3.63, 3.8) is 0 Å². The average Bonchev–Trinajstić information content (AvgIpc) is 3.06. The molecule has 0 aromatic heterocycles. The molecule has 2 saturated heterocycles. The molecule has 2 aliphatic rings. The van der Waals surface area contributed by atoms with Crippen molar-refractivity contribution in [2.24, 2.45) is 0 Å². The van der Waals surface area contributed by atoms with Gasteiger partial charge in [-0.25, -0.2) is 4.79 Å². The Labute approximate surface area is 139 Å². The van der Waals surface area contributed by atoms with Gasteiger partial charge in [0.25, 0.3) is 0 Å². The van der Waals surface area contributed by atoms with Crippen molar-refractivity contribution in [1.82, 2.24) is 9.80 Å². The molecule has 23 heavy (non-hydrogen) atoms. The lowest BCUT2D eigenvalue weighted by atomic mass is 9.95. The van der Waals surface area contributed by atoms with Crippen LogP contribution in [0.5, 0.6) is 0 Å². The highest BCUT2D eigenvalue weighted by molar-refractivity contribution is 5.70. The molecule has 0 bridgehead atoms. The zero-order valence-corrected chi connectivity index (χ0v) is 14.5. The topological polar surface area (TPSA) is 32.8 Å². The molecular formula is C19H28N2O2. The first-order valence-corrected chi connectivity index (χ1v) is 8.65. The number of ether oxygens (including phenoxy) is 1. The van der Waals surface area contributed by atoms with E-state index >= 15 is 0 Å². The molecule has 0 radical (unpaired) electrons. The van der Waals surface area contributed by atoms with Crippen LogP contribution < -0.4 is 0 Å². The smallest absolute Gasteiger partial charge is 0.410 e. The van der Waals surface area contributed by atoms with Crippen LogP contribution in [0.2, 0.25) is 0 Å². The molecule has 4 nitrogen and oxygen atoms in total. The van der Waals surface area contributed by atoms with E-state index in [0.717, 1.165) is 45.4 Å². The molecule has 2 heterocycles. The number of hydrogen-bond acceptors (Lipinski definition) is 3. The van der Waals surface area contributed by atoms with E-state index < -0.39 is 5.60 Å². The predicted molar refractivity (Wildman–Crippen MR) is 91.2 cm³/mol. The van der Waals surface area contributed by atoms with Gasteiger partial charge in [-0.05, 0) is 45.6 Å². The first kappa shape index (κ1) is 16.3. The summed E-state index contributed by atoms with van der Waals surface area (Å²) in [6.45, 7) is 9.60. The van der Waals surface area contributed by atoms with Gasteiger partial charge in [-0.15, -0.1) is 0 Å². The van der Waals surface area contributed by atoms with Crippen LogP contribution in [0.4, 0.5) is 4.79 Å². The molecule has 2 aliphatic heterocycles. The van der Waals surface area contributed by atoms with E-state index in [1.54, 1.807) is 0 Å². The summed E-state index contributed by atoms with van der Waals surface area (Å²) in [4.78, 5) is 17.0. The van der Waals surface area contributed by atoms with Gasteiger partial charge < -0.3 is 9.64 Å². The maximum absolute atomic E-state index is 12.6. The van der Waals surface area contributed by atoms with Crippen molar-refractivity contribution in [1.29, 1.82) is 0 Å². The van der Waals surface area contributed by atoms with Crippen LogP contribution in [-0.2, 0) is 11.3 Å². The fourth-order valence-corrected chi connectivity index (χ4v) is 3.88. The van der Waals surface area contributed by atoms with E-state index in [2.05, 4.69) is 35.2 Å². The standard InChI is InChI=1S/C19H28N2O2/c1-18(2,3)23-17(22)21-12-7-10-19(21)11-13-20(15-19)14-16-8-5-4-6-9-16/h4-6,8-9H,7,10-15H2,1-3H3. The number of likely N-dealkylation sites (tertiary alicyclic amines) is 2.